The van der Waals surface area contributed by atoms with E-state index < -0.39 is 5.79 Å². The van der Waals surface area contributed by atoms with E-state index in [0.29, 0.717) is 13.2 Å². The molecule has 0 bridgehead atoms. The Morgan fingerprint density at radius 2 is 2.28 bits per heavy atom. The molecule has 18 heavy (non-hydrogen) atoms. The van der Waals surface area contributed by atoms with Gasteiger partial charge in [-0.3, -0.25) is 4.79 Å². The third-order valence-corrected chi connectivity index (χ3v) is 3.96. The highest BCUT2D eigenvalue weighted by atomic mass is 16.7. The molecule has 0 aromatic carbocycles. The van der Waals surface area contributed by atoms with Crippen LogP contribution < -0.4 is 10.6 Å². The molecule has 2 atom stereocenters. The van der Waals surface area contributed by atoms with Crippen molar-refractivity contribution in [1.82, 2.24) is 10.6 Å². The summed E-state index contributed by atoms with van der Waals surface area (Å²) in [7, 11) is 0. The zero-order valence-electron chi connectivity index (χ0n) is 11.5. The fourth-order valence-corrected chi connectivity index (χ4v) is 2.66. The van der Waals surface area contributed by atoms with E-state index in [4.69, 9.17) is 9.47 Å². The number of amides is 1. The van der Waals surface area contributed by atoms with Gasteiger partial charge in [-0.1, -0.05) is 6.92 Å². The summed E-state index contributed by atoms with van der Waals surface area (Å²) < 4.78 is 11.2. The van der Waals surface area contributed by atoms with Gasteiger partial charge in [-0.25, -0.2) is 0 Å². The number of rotatable bonds is 4. The number of hydrogen-bond acceptors (Lipinski definition) is 4. The van der Waals surface area contributed by atoms with Gasteiger partial charge in [0.05, 0.1) is 12.0 Å². The smallest absolute Gasteiger partial charge is 0.227 e. The molecular formula is C13H24N2O3. The predicted octanol–water partition coefficient (Wildman–Crippen LogP) is 0.644. The van der Waals surface area contributed by atoms with E-state index in [1.807, 2.05) is 13.8 Å². The maximum Gasteiger partial charge on any atom is 0.227 e. The number of hydrogen-bond donors (Lipinski definition) is 2. The van der Waals surface area contributed by atoms with Gasteiger partial charge in [-0.2, -0.15) is 0 Å². The van der Waals surface area contributed by atoms with Crippen LogP contribution >= 0.6 is 0 Å². The van der Waals surface area contributed by atoms with Gasteiger partial charge < -0.3 is 20.1 Å². The molecule has 0 aromatic rings. The highest BCUT2D eigenvalue weighted by Gasteiger charge is 2.40. The van der Waals surface area contributed by atoms with E-state index in [1.165, 1.54) is 0 Å². The van der Waals surface area contributed by atoms with Crippen molar-refractivity contribution in [3.8, 4) is 0 Å². The second-order valence-electron chi connectivity index (χ2n) is 5.72. The van der Waals surface area contributed by atoms with E-state index in [-0.39, 0.29) is 17.4 Å². The fraction of sp³-hybridized carbons (Fsp3) is 0.923. The van der Waals surface area contributed by atoms with Crippen LogP contribution in [0.15, 0.2) is 0 Å². The largest absolute Gasteiger partial charge is 0.353 e. The van der Waals surface area contributed by atoms with Gasteiger partial charge in [0.1, 0.15) is 6.10 Å². The van der Waals surface area contributed by atoms with Gasteiger partial charge in [0.2, 0.25) is 5.91 Å². The first-order valence-corrected chi connectivity index (χ1v) is 6.78. The maximum absolute atomic E-state index is 12.3. The average molecular weight is 256 g/mol. The molecule has 1 amide bonds. The average Bonchev–Trinajstić information content (AvgIpc) is 2.93. The van der Waals surface area contributed by atoms with Crippen molar-refractivity contribution >= 4 is 5.91 Å². The van der Waals surface area contributed by atoms with Crippen molar-refractivity contribution in [2.24, 2.45) is 5.41 Å². The third-order valence-electron chi connectivity index (χ3n) is 3.96. The molecule has 0 aromatic heterocycles. The summed E-state index contributed by atoms with van der Waals surface area (Å²) in [6, 6.07) is 0. The lowest BCUT2D eigenvalue weighted by atomic mass is 9.83. The molecule has 2 saturated heterocycles. The standard InChI is InChI=1S/C13H24N2O3/c1-4-13(5-6-14-9-13)11(16)15-7-10-8-17-12(2,3)18-10/h10,14H,4-9H2,1-3H3,(H,15,16). The third kappa shape index (κ3) is 2.84. The van der Waals surface area contributed by atoms with Crippen LogP contribution in [0.5, 0.6) is 0 Å². The maximum atomic E-state index is 12.3. The minimum absolute atomic E-state index is 0.0350. The molecule has 0 saturated carbocycles. The summed E-state index contributed by atoms with van der Waals surface area (Å²) >= 11 is 0. The second kappa shape index (κ2) is 5.15. The first-order chi connectivity index (χ1) is 8.47. The molecule has 0 spiro atoms. The van der Waals surface area contributed by atoms with Crippen molar-refractivity contribution in [1.29, 1.82) is 0 Å². The van der Waals surface area contributed by atoms with E-state index in [1.54, 1.807) is 0 Å². The minimum atomic E-state index is -0.521. The van der Waals surface area contributed by atoms with Gasteiger partial charge in [-0.15, -0.1) is 0 Å². The van der Waals surface area contributed by atoms with Crippen LogP contribution in [-0.4, -0.2) is 44.0 Å². The molecule has 2 N–H and O–H groups in total. The zero-order valence-corrected chi connectivity index (χ0v) is 11.5. The van der Waals surface area contributed by atoms with E-state index in [2.05, 4.69) is 17.6 Å². The zero-order chi connectivity index (χ0) is 13.2. The van der Waals surface area contributed by atoms with Crippen LogP contribution in [0, 0.1) is 5.41 Å². The van der Waals surface area contributed by atoms with Gasteiger partial charge in [-0.05, 0) is 33.2 Å². The van der Waals surface area contributed by atoms with Crippen LogP contribution in [0.2, 0.25) is 0 Å². The van der Waals surface area contributed by atoms with Crippen LogP contribution in [0.1, 0.15) is 33.6 Å². The van der Waals surface area contributed by atoms with Crippen LogP contribution in [-0.2, 0) is 14.3 Å². The molecule has 2 rings (SSSR count). The van der Waals surface area contributed by atoms with Gasteiger partial charge >= 0.3 is 0 Å². The number of carbonyl (C=O) groups excluding carboxylic acids is 1. The highest BCUT2D eigenvalue weighted by molar-refractivity contribution is 5.83. The molecule has 5 heteroatoms. The van der Waals surface area contributed by atoms with Crippen LogP contribution in [0.3, 0.4) is 0 Å². The number of ether oxygens (including phenoxy) is 2. The fourth-order valence-electron chi connectivity index (χ4n) is 2.66. The summed E-state index contributed by atoms with van der Waals surface area (Å²) in [4.78, 5) is 12.3. The van der Waals surface area contributed by atoms with Gasteiger partial charge in [0, 0.05) is 13.1 Å². The molecule has 5 nitrogen and oxygen atoms in total. The molecule has 2 fully saturated rings. The quantitative estimate of drug-likeness (QED) is 0.775. The molecule has 2 unspecified atom stereocenters. The predicted molar refractivity (Wildman–Crippen MR) is 68.1 cm³/mol. The SMILES string of the molecule is CCC1(C(=O)NCC2COC(C)(C)O2)CCNC1. The first kappa shape index (κ1) is 13.8. The summed E-state index contributed by atoms with van der Waals surface area (Å²) in [6.07, 6.45) is 1.76. The highest BCUT2D eigenvalue weighted by Crippen LogP contribution is 2.29. The molecule has 0 radical (unpaired) electrons. The number of nitrogens with one attached hydrogen (secondary N) is 2. The molecular weight excluding hydrogens is 232 g/mol. The van der Waals surface area contributed by atoms with Crippen LogP contribution in [0.25, 0.3) is 0 Å². The summed E-state index contributed by atoms with van der Waals surface area (Å²) in [5.41, 5.74) is -0.227. The molecule has 2 aliphatic rings. The Kier molecular flexibility index (Phi) is 3.94. The Bertz CT molecular complexity index is 311. The monoisotopic (exact) mass is 256 g/mol. The normalized spacial score (nSPS) is 34.7. The summed E-state index contributed by atoms with van der Waals surface area (Å²) in [5, 5.41) is 6.28. The van der Waals surface area contributed by atoms with E-state index in [9.17, 15) is 4.79 Å². The topological polar surface area (TPSA) is 59.6 Å². The molecule has 104 valence electrons. The van der Waals surface area contributed by atoms with E-state index in [0.717, 1.165) is 25.9 Å². The number of carbonyl (C=O) groups is 1. The summed E-state index contributed by atoms with van der Waals surface area (Å²) in [5.74, 6) is -0.379. The Balaban J connectivity index is 1.81. The van der Waals surface area contributed by atoms with Crippen molar-refractivity contribution in [3.05, 3.63) is 0 Å². The second-order valence-corrected chi connectivity index (χ2v) is 5.72. The molecule has 0 aliphatic carbocycles. The van der Waals surface area contributed by atoms with Crippen molar-refractivity contribution in [2.45, 2.75) is 45.5 Å². The van der Waals surface area contributed by atoms with Crippen molar-refractivity contribution < 1.29 is 14.3 Å². The van der Waals surface area contributed by atoms with Gasteiger partial charge in [0.25, 0.3) is 0 Å². The minimum Gasteiger partial charge on any atom is -0.353 e. The lowest BCUT2D eigenvalue weighted by Crippen LogP contribution is -2.45. The van der Waals surface area contributed by atoms with Crippen molar-refractivity contribution in [2.75, 3.05) is 26.2 Å². The molecule has 2 heterocycles. The summed E-state index contributed by atoms with van der Waals surface area (Å²) in [6.45, 7) is 8.65. The van der Waals surface area contributed by atoms with E-state index >= 15 is 0 Å². The van der Waals surface area contributed by atoms with Gasteiger partial charge in [0.15, 0.2) is 5.79 Å². The lowest BCUT2D eigenvalue weighted by molar-refractivity contribution is -0.141. The van der Waals surface area contributed by atoms with Crippen LogP contribution in [0.4, 0.5) is 0 Å². The Morgan fingerprint density at radius 3 is 2.78 bits per heavy atom. The van der Waals surface area contributed by atoms with Crippen molar-refractivity contribution in [3.63, 3.8) is 0 Å². The molecule has 2 aliphatic heterocycles. The Morgan fingerprint density at radius 1 is 1.50 bits per heavy atom. The Labute approximate surface area is 109 Å². The lowest BCUT2D eigenvalue weighted by Gasteiger charge is -2.26. The first-order valence-electron chi connectivity index (χ1n) is 6.78. The Hall–Kier alpha value is -0.650.